The van der Waals surface area contributed by atoms with Gasteiger partial charge in [-0.1, -0.05) is 48.5 Å². The van der Waals surface area contributed by atoms with Crippen molar-refractivity contribution in [1.82, 2.24) is 0 Å². The van der Waals surface area contributed by atoms with Crippen molar-refractivity contribution in [3.05, 3.63) is 59.7 Å². The molecule has 0 aromatic heterocycles. The molecule has 1 aliphatic heterocycles. The first-order valence-corrected chi connectivity index (χ1v) is 6.78. The van der Waals surface area contributed by atoms with Gasteiger partial charge >= 0.3 is 0 Å². The van der Waals surface area contributed by atoms with Crippen molar-refractivity contribution in [2.24, 2.45) is 4.40 Å². The van der Waals surface area contributed by atoms with E-state index in [1.807, 2.05) is 0 Å². The van der Waals surface area contributed by atoms with E-state index in [4.69, 9.17) is 0 Å². The average molecular weight is 237 g/mol. The lowest BCUT2D eigenvalue weighted by molar-refractivity contribution is 1.05. The molecule has 0 N–H and O–H groups in total. The summed E-state index contributed by atoms with van der Waals surface area (Å²) in [6.07, 6.45) is 0. The van der Waals surface area contributed by atoms with Crippen molar-refractivity contribution in [3.63, 3.8) is 0 Å². The van der Waals surface area contributed by atoms with Gasteiger partial charge in [-0.3, -0.25) is 0 Å². The van der Waals surface area contributed by atoms with Gasteiger partial charge in [0.25, 0.3) is 0 Å². The fourth-order valence-corrected chi connectivity index (χ4v) is 3.71. The first-order valence-electron chi connectivity index (χ1n) is 5.84. The van der Waals surface area contributed by atoms with Crippen LogP contribution in [-0.2, 0) is 0 Å². The quantitative estimate of drug-likeness (QED) is 0.633. The molecule has 0 spiro atoms. The molecular weight excluding hydrogens is 226 g/mol. The van der Waals surface area contributed by atoms with Crippen LogP contribution >= 0.6 is 11.9 Å². The van der Waals surface area contributed by atoms with E-state index in [1.54, 1.807) is 11.9 Å². The molecule has 2 aromatic carbocycles. The summed E-state index contributed by atoms with van der Waals surface area (Å²) >= 11 is 1.69. The van der Waals surface area contributed by atoms with Crippen LogP contribution in [-0.4, -0.2) is 11.5 Å². The van der Waals surface area contributed by atoms with E-state index in [-0.39, 0.29) is 0 Å². The smallest absolute Gasteiger partial charge is 0.0649 e. The van der Waals surface area contributed by atoms with Gasteiger partial charge < -0.3 is 0 Å². The summed E-state index contributed by atoms with van der Waals surface area (Å²) in [5.41, 5.74) is 6.75. The van der Waals surface area contributed by atoms with Gasteiger partial charge in [0.1, 0.15) is 0 Å². The molecule has 1 aliphatic carbocycles. The van der Waals surface area contributed by atoms with Crippen molar-refractivity contribution in [2.45, 2.75) is 5.92 Å². The Bertz CT molecular complexity index is 630. The SMILES string of the molecule is c1ccc2c(c1)C1=NSCC1c1ccccc1-2. The number of nitrogens with zero attached hydrogens (tertiary/aromatic N) is 1. The van der Waals surface area contributed by atoms with Gasteiger partial charge in [0.15, 0.2) is 0 Å². The zero-order valence-electron chi connectivity index (χ0n) is 9.26. The minimum Gasteiger partial charge on any atom is -0.220 e. The van der Waals surface area contributed by atoms with E-state index in [2.05, 4.69) is 52.9 Å². The Morgan fingerprint density at radius 1 is 0.882 bits per heavy atom. The van der Waals surface area contributed by atoms with Crippen LogP contribution in [0.4, 0.5) is 0 Å². The molecule has 0 amide bonds. The Morgan fingerprint density at radius 3 is 2.47 bits per heavy atom. The van der Waals surface area contributed by atoms with Crippen molar-refractivity contribution >= 4 is 17.7 Å². The highest BCUT2D eigenvalue weighted by Crippen LogP contribution is 2.44. The molecule has 1 heterocycles. The Kier molecular flexibility index (Phi) is 1.94. The van der Waals surface area contributed by atoms with Gasteiger partial charge in [-0.2, -0.15) is 0 Å². The normalized spacial score (nSPS) is 20.2. The molecular formula is C15H11NS. The van der Waals surface area contributed by atoms with E-state index >= 15 is 0 Å². The highest BCUT2D eigenvalue weighted by Gasteiger charge is 2.32. The molecule has 2 heteroatoms. The first kappa shape index (κ1) is 9.49. The minimum absolute atomic E-state index is 0.492. The second-order valence-corrected chi connectivity index (χ2v) is 5.23. The maximum Gasteiger partial charge on any atom is 0.0649 e. The Morgan fingerprint density at radius 2 is 1.59 bits per heavy atom. The summed E-state index contributed by atoms with van der Waals surface area (Å²) in [6, 6.07) is 17.4. The Labute approximate surface area is 105 Å². The monoisotopic (exact) mass is 237 g/mol. The topological polar surface area (TPSA) is 12.4 Å². The van der Waals surface area contributed by atoms with Crippen LogP contribution in [0, 0.1) is 0 Å². The van der Waals surface area contributed by atoms with Crippen molar-refractivity contribution in [3.8, 4) is 11.1 Å². The zero-order chi connectivity index (χ0) is 11.2. The highest BCUT2D eigenvalue weighted by atomic mass is 32.2. The lowest BCUT2D eigenvalue weighted by atomic mass is 9.78. The fourth-order valence-electron chi connectivity index (χ4n) is 2.79. The molecule has 0 bridgehead atoms. The second-order valence-electron chi connectivity index (χ2n) is 4.46. The van der Waals surface area contributed by atoms with E-state index in [9.17, 15) is 0 Å². The van der Waals surface area contributed by atoms with Crippen LogP contribution in [0.15, 0.2) is 52.9 Å². The van der Waals surface area contributed by atoms with Crippen LogP contribution in [0.25, 0.3) is 11.1 Å². The van der Waals surface area contributed by atoms with E-state index in [1.165, 1.54) is 28.0 Å². The van der Waals surface area contributed by atoms with E-state index in [0.717, 1.165) is 5.75 Å². The van der Waals surface area contributed by atoms with E-state index in [0.29, 0.717) is 5.92 Å². The van der Waals surface area contributed by atoms with Gasteiger partial charge in [0, 0.05) is 17.2 Å². The molecule has 1 atom stereocenters. The Hall–Kier alpha value is -1.54. The highest BCUT2D eigenvalue weighted by molar-refractivity contribution is 7.98. The van der Waals surface area contributed by atoms with Crippen molar-refractivity contribution in [1.29, 1.82) is 0 Å². The summed E-state index contributed by atoms with van der Waals surface area (Å²) in [4.78, 5) is 0. The lowest BCUT2D eigenvalue weighted by Crippen LogP contribution is -2.18. The molecule has 4 rings (SSSR count). The molecule has 0 fully saturated rings. The summed E-state index contributed by atoms with van der Waals surface area (Å²) in [6.45, 7) is 0. The third-order valence-corrected chi connectivity index (χ3v) is 4.37. The average Bonchev–Trinajstić information content (AvgIpc) is 2.89. The van der Waals surface area contributed by atoms with Crippen LogP contribution in [0.5, 0.6) is 0 Å². The Balaban J connectivity index is 2.10. The maximum atomic E-state index is 4.63. The van der Waals surface area contributed by atoms with Crippen LogP contribution < -0.4 is 0 Å². The van der Waals surface area contributed by atoms with Gasteiger partial charge in [-0.05, 0) is 28.6 Å². The molecule has 2 aliphatic rings. The van der Waals surface area contributed by atoms with Crippen LogP contribution in [0.2, 0.25) is 0 Å². The van der Waals surface area contributed by atoms with Crippen molar-refractivity contribution < 1.29 is 0 Å². The molecule has 1 unspecified atom stereocenters. The first-order chi connectivity index (χ1) is 8.45. The molecule has 17 heavy (non-hydrogen) atoms. The number of rotatable bonds is 0. The van der Waals surface area contributed by atoms with Gasteiger partial charge in [0.2, 0.25) is 0 Å². The maximum absolute atomic E-state index is 4.63. The third-order valence-electron chi connectivity index (χ3n) is 3.56. The third kappa shape index (κ3) is 1.25. The predicted octanol–water partition coefficient (Wildman–Crippen LogP) is 3.90. The van der Waals surface area contributed by atoms with Crippen LogP contribution in [0.1, 0.15) is 17.0 Å². The van der Waals surface area contributed by atoms with Gasteiger partial charge in [-0.25, -0.2) is 4.40 Å². The number of benzene rings is 2. The molecule has 2 aromatic rings. The summed E-state index contributed by atoms with van der Waals surface area (Å²) in [7, 11) is 0. The minimum atomic E-state index is 0.492. The zero-order valence-corrected chi connectivity index (χ0v) is 10.1. The largest absolute Gasteiger partial charge is 0.220 e. The van der Waals surface area contributed by atoms with Crippen molar-refractivity contribution in [2.75, 3.05) is 5.75 Å². The number of hydrogen-bond acceptors (Lipinski definition) is 2. The fraction of sp³-hybridized carbons (Fsp3) is 0.133. The lowest BCUT2D eigenvalue weighted by Gasteiger charge is -2.25. The molecule has 0 saturated heterocycles. The molecule has 0 saturated carbocycles. The summed E-state index contributed by atoms with van der Waals surface area (Å²) in [5.74, 6) is 1.58. The summed E-state index contributed by atoms with van der Waals surface area (Å²) in [5, 5.41) is 0. The standard InChI is InChI=1S/C15H11NS/c1-2-7-12-10(5-1)11-6-3-4-8-13(11)15-14(12)9-17-16-15/h1-8,14H,9H2. The van der Waals surface area contributed by atoms with Gasteiger partial charge in [-0.15, -0.1) is 0 Å². The molecule has 0 radical (unpaired) electrons. The van der Waals surface area contributed by atoms with Gasteiger partial charge in [0.05, 0.1) is 5.71 Å². The summed E-state index contributed by atoms with van der Waals surface area (Å²) < 4.78 is 4.63. The number of fused-ring (bicyclic) bond motifs is 6. The molecule has 82 valence electrons. The number of hydrogen-bond donors (Lipinski definition) is 0. The predicted molar refractivity (Wildman–Crippen MR) is 73.6 cm³/mol. The van der Waals surface area contributed by atoms with E-state index < -0.39 is 0 Å². The molecule has 1 nitrogen and oxygen atoms in total. The second kappa shape index (κ2) is 3.47. The van der Waals surface area contributed by atoms with Crippen LogP contribution in [0.3, 0.4) is 0 Å².